The van der Waals surface area contributed by atoms with Crippen molar-refractivity contribution in [2.24, 2.45) is 5.92 Å². The van der Waals surface area contributed by atoms with Crippen LogP contribution in [0, 0.1) is 12.8 Å². The molecular formula is C25H28N4O3. The number of nitrogens with zero attached hydrogens (tertiary/aromatic N) is 3. The van der Waals surface area contributed by atoms with Crippen LogP contribution >= 0.6 is 0 Å². The Balaban J connectivity index is 1.61. The minimum absolute atomic E-state index is 0.219. The summed E-state index contributed by atoms with van der Waals surface area (Å²) in [6, 6.07) is 11.1. The number of rotatable bonds is 5. The lowest BCUT2D eigenvalue weighted by Gasteiger charge is -2.29. The van der Waals surface area contributed by atoms with Crippen molar-refractivity contribution in [3.8, 4) is 28.5 Å². The Morgan fingerprint density at radius 1 is 1.09 bits per heavy atom. The van der Waals surface area contributed by atoms with Gasteiger partial charge in [-0.3, -0.25) is 5.10 Å². The van der Waals surface area contributed by atoms with Gasteiger partial charge in [0.15, 0.2) is 17.1 Å². The first kappa shape index (κ1) is 20.6. The number of nitrogens with one attached hydrogen (secondary N) is 1. The van der Waals surface area contributed by atoms with Gasteiger partial charge in [0, 0.05) is 27.4 Å². The molecule has 5 rings (SSSR count). The molecule has 2 aromatic heterocycles. The van der Waals surface area contributed by atoms with E-state index >= 15 is 0 Å². The lowest BCUT2D eigenvalue weighted by atomic mass is 9.98. The number of phenolic OH excluding ortho intramolecular Hbond substituents is 1. The molecule has 2 aromatic carbocycles. The highest BCUT2D eigenvalue weighted by Crippen LogP contribution is 2.40. The number of benzene rings is 2. The van der Waals surface area contributed by atoms with Crippen molar-refractivity contribution >= 4 is 21.8 Å². The Hall–Kier alpha value is -3.32. The molecule has 0 aliphatic carbocycles. The molecule has 0 saturated carbocycles. The molecule has 0 radical (unpaired) electrons. The van der Waals surface area contributed by atoms with Crippen LogP contribution in [0.1, 0.15) is 18.5 Å². The normalized spacial score (nSPS) is 15.5. The number of ether oxygens (including phenoxy) is 2. The molecule has 1 saturated heterocycles. The number of aromatic amines is 1. The van der Waals surface area contributed by atoms with E-state index in [-0.39, 0.29) is 5.75 Å². The van der Waals surface area contributed by atoms with Crippen LogP contribution in [0.5, 0.6) is 17.2 Å². The summed E-state index contributed by atoms with van der Waals surface area (Å²) in [5.41, 5.74) is 3.31. The number of phenols is 1. The van der Waals surface area contributed by atoms with Crippen LogP contribution in [-0.2, 0) is 0 Å². The van der Waals surface area contributed by atoms with Gasteiger partial charge in [-0.25, -0.2) is 4.98 Å². The smallest absolute Gasteiger partial charge is 0.182 e. The summed E-state index contributed by atoms with van der Waals surface area (Å²) in [5.74, 6) is 2.20. The second kappa shape index (κ2) is 8.31. The van der Waals surface area contributed by atoms with E-state index in [1.807, 2.05) is 25.1 Å². The molecule has 1 fully saturated rings. The summed E-state index contributed by atoms with van der Waals surface area (Å²) in [6.45, 7) is 4.90. The van der Waals surface area contributed by atoms with Gasteiger partial charge in [-0.15, -0.1) is 0 Å². The summed E-state index contributed by atoms with van der Waals surface area (Å²) < 4.78 is 12.0. The number of piperidine rings is 1. The van der Waals surface area contributed by atoms with Crippen LogP contribution in [0.15, 0.2) is 36.4 Å². The van der Waals surface area contributed by atoms with E-state index in [0.29, 0.717) is 23.9 Å². The topological polar surface area (TPSA) is 83.5 Å². The molecule has 0 amide bonds. The van der Waals surface area contributed by atoms with Gasteiger partial charge in [0.25, 0.3) is 0 Å². The molecule has 0 bridgehead atoms. The van der Waals surface area contributed by atoms with E-state index in [1.54, 1.807) is 19.2 Å². The van der Waals surface area contributed by atoms with E-state index in [9.17, 15) is 5.11 Å². The number of aryl methyl sites for hydroxylation is 1. The van der Waals surface area contributed by atoms with Gasteiger partial charge in [-0.2, -0.15) is 5.10 Å². The Labute approximate surface area is 187 Å². The molecule has 7 nitrogen and oxygen atoms in total. The maximum absolute atomic E-state index is 9.71. The first-order chi connectivity index (χ1) is 15.5. The number of methoxy groups -OCH3 is 1. The van der Waals surface area contributed by atoms with E-state index in [4.69, 9.17) is 14.5 Å². The Kier molecular flexibility index (Phi) is 5.35. The van der Waals surface area contributed by atoms with Crippen LogP contribution in [0.2, 0.25) is 0 Å². The van der Waals surface area contributed by atoms with Gasteiger partial charge in [0.1, 0.15) is 5.75 Å². The summed E-state index contributed by atoms with van der Waals surface area (Å²) in [5, 5.41) is 20.1. The maximum atomic E-state index is 9.71. The summed E-state index contributed by atoms with van der Waals surface area (Å²) in [7, 11) is 3.83. The number of likely N-dealkylation sites (tertiary alicyclic amines) is 1. The van der Waals surface area contributed by atoms with Crippen molar-refractivity contribution in [2.75, 3.05) is 33.9 Å². The Morgan fingerprint density at radius 3 is 2.53 bits per heavy atom. The predicted molar refractivity (Wildman–Crippen MR) is 126 cm³/mol. The van der Waals surface area contributed by atoms with E-state index < -0.39 is 0 Å². The number of aromatic nitrogens is 3. The molecule has 1 aliphatic heterocycles. The van der Waals surface area contributed by atoms with Gasteiger partial charge in [-0.1, -0.05) is 0 Å². The highest BCUT2D eigenvalue weighted by atomic mass is 16.5. The standard InChI is InChI=1S/C25H28N4O3/c1-15-23-19-12-22(32-14-16-8-10-29(2)11-9-16)21(31-3)13-20(19)24(26-25(23)28-27-15)17-4-6-18(30)7-5-17/h4-7,12-13,16,30H,8-11,14H2,1-3H3,(H,26,27,28). The van der Waals surface area contributed by atoms with Crippen molar-refractivity contribution in [3.05, 3.63) is 42.1 Å². The van der Waals surface area contributed by atoms with Crippen LogP contribution in [0.4, 0.5) is 0 Å². The van der Waals surface area contributed by atoms with E-state index in [1.165, 1.54) is 0 Å². The van der Waals surface area contributed by atoms with Gasteiger partial charge < -0.3 is 19.5 Å². The van der Waals surface area contributed by atoms with Crippen LogP contribution in [0.25, 0.3) is 33.1 Å². The molecule has 32 heavy (non-hydrogen) atoms. The number of hydrogen-bond donors (Lipinski definition) is 2. The molecule has 1 aliphatic rings. The van der Waals surface area contributed by atoms with E-state index in [2.05, 4.69) is 28.2 Å². The van der Waals surface area contributed by atoms with Crippen molar-refractivity contribution < 1.29 is 14.6 Å². The van der Waals surface area contributed by atoms with E-state index in [0.717, 1.165) is 64.8 Å². The monoisotopic (exact) mass is 432 g/mol. The number of fused-ring (bicyclic) bond motifs is 3. The Morgan fingerprint density at radius 2 is 1.81 bits per heavy atom. The first-order valence-corrected chi connectivity index (χ1v) is 11.0. The lowest BCUT2D eigenvalue weighted by Crippen LogP contribution is -2.32. The zero-order valence-corrected chi connectivity index (χ0v) is 18.7. The number of aromatic hydroxyl groups is 1. The number of pyridine rings is 1. The van der Waals surface area contributed by atoms with Gasteiger partial charge in [0.2, 0.25) is 0 Å². The molecule has 166 valence electrons. The molecule has 0 atom stereocenters. The second-order valence-electron chi connectivity index (χ2n) is 8.66. The molecule has 3 heterocycles. The van der Waals surface area contributed by atoms with Crippen LogP contribution in [-0.4, -0.2) is 59.0 Å². The third kappa shape index (κ3) is 3.73. The molecular weight excluding hydrogens is 404 g/mol. The molecule has 0 unspecified atom stereocenters. The fraction of sp³-hybridized carbons (Fsp3) is 0.360. The van der Waals surface area contributed by atoms with Gasteiger partial charge in [-0.05, 0) is 82.2 Å². The minimum Gasteiger partial charge on any atom is -0.508 e. The van der Waals surface area contributed by atoms with Gasteiger partial charge in [0.05, 0.1) is 19.4 Å². The number of H-pyrrole nitrogens is 1. The van der Waals surface area contributed by atoms with Crippen LogP contribution < -0.4 is 9.47 Å². The average Bonchev–Trinajstić information content (AvgIpc) is 3.19. The van der Waals surface area contributed by atoms with Crippen molar-refractivity contribution in [1.82, 2.24) is 20.1 Å². The van der Waals surface area contributed by atoms with Crippen molar-refractivity contribution in [3.63, 3.8) is 0 Å². The van der Waals surface area contributed by atoms with Gasteiger partial charge >= 0.3 is 0 Å². The second-order valence-corrected chi connectivity index (χ2v) is 8.66. The fourth-order valence-electron chi connectivity index (χ4n) is 4.50. The highest BCUT2D eigenvalue weighted by Gasteiger charge is 2.21. The highest BCUT2D eigenvalue weighted by molar-refractivity contribution is 6.12. The maximum Gasteiger partial charge on any atom is 0.182 e. The minimum atomic E-state index is 0.219. The summed E-state index contributed by atoms with van der Waals surface area (Å²) in [6.07, 6.45) is 2.29. The van der Waals surface area contributed by atoms with Crippen molar-refractivity contribution in [2.45, 2.75) is 19.8 Å². The summed E-state index contributed by atoms with van der Waals surface area (Å²) >= 11 is 0. The predicted octanol–water partition coefficient (Wildman–Crippen LogP) is 4.52. The average molecular weight is 433 g/mol. The first-order valence-electron chi connectivity index (χ1n) is 11.0. The zero-order valence-electron chi connectivity index (χ0n) is 18.7. The largest absolute Gasteiger partial charge is 0.508 e. The van der Waals surface area contributed by atoms with Crippen LogP contribution in [0.3, 0.4) is 0 Å². The molecule has 7 heteroatoms. The van der Waals surface area contributed by atoms with Crippen molar-refractivity contribution in [1.29, 1.82) is 0 Å². The SMILES string of the molecule is COc1cc2c(-c3ccc(O)cc3)nc3n[nH]c(C)c3c2cc1OCC1CCN(C)CC1. The third-order valence-corrected chi connectivity index (χ3v) is 6.43. The quantitative estimate of drug-likeness (QED) is 0.482. The zero-order chi connectivity index (χ0) is 22.2. The number of hydrogen-bond acceptors (Lipinski definition) is 6. The Bertz CT molecular complexity index is 1260. The lowest BCUT2D eigenvalue weighted by molar-refractivity contribution is 0.157. The molecule has 4 aromatic rings. The molecule has 2 N–H and O–H groups in total. The summed E-state index contributed by atoms with van der Waals surface area (Å²) in [4.78, 5) is 7.20. The molecule has 0 spiro atoms. The fourth-order valence-corrected chi connectivity index (χ4v) is 4.50. The third-order valence-electron chi connectivity index (χ3n) is 6.43.